The average Bonchev–Trinajstić information content (AvgIpc) is 1.59. The predicted molar refractivity (Wildman–Crippen MR) is 52.8 cm³/mol. The molecule has 0 aromatic heterocycles. The monoisotopic (exact) mass is 161 g/mol. The van der Waals surface area contributed by atoms with E-state index in [9.17, 15) is 0 Å². The SMILES string of the molecule is C=CCS(C)(C)NC(C)C. The lowest BCUT2D eigenvalue weighted by atomic mass is 10.4. The van der Waals surface area contributed by atoms with Gasteiger partial charge < -0.3 is 0 Å². The van der Waals surface area contributed by atoms with E-state index < -0.39 is 10.2 Å². The van der Waals surface area contributed by atoms with Gasteiger partial charge >= 0.3 is 0 Å². The molecule has 0 spiro atoms. The fourth-order valence-corrected chi connectivity index (χ4v) is 2.94. The van der Waals surface area contributed by atoms with Crippen molar-refractivity contribution in [2.75, 3.05) is 18.3 Å². The van der Waals surface area contributed by atoms with Crippen LogP contribution in [0, 0.1) is 0 Å². The Balaban J connectivity index is 3.73. The molecule has 0 aliphatic rings. The summed E-state index contributed by atoms with van der Waals surface area (Å²) < 4.78 is 3.53. The first-order valence-corrected chi connectivity index (χ1v) is 6.19. The molecule has 0 aromatic carbocycles. The predicted octanol–water partition coefficient (Wildman–Crippen LogP) is 2.15. The molecule has 0 rings (SSSR count). The van der Waals surface area contributed by atoms with Crippen molar-refractivity contribution in [2.45, 2.75) is 19.9 Å². The zero-order valence-corrected chi connectivity index (χ0v) is 8.29. The minimum absolute atomic E-state index is 0.588. The Bertz CT molecular complexity index is 108. The minimum atomic E-state index is -0.599. The molecule has 0 saturated heterocycles. The molecule has 0 amide bonds. The van der Waals surface area contributed by atoms with Gasteiger partial charge in [-0.3, -0.25) is 4.72 Å². The number of hydrogen-bond donors (Lipinski definition) is 1. The van der Waals surface area contributed by atoms with Crippen LogP contribution in [0.5, 0.6) is 0 Å². The van der Waals surface area contributed by atoms with Crippen LogP contribution in [-0.2, 0) is 0 Å². The first kappa shape index (κ1) is 10.0. The lowest BCUT2D eigenvalue weighted by Crippen LogP contribution is -2.27. The van der Waals surface area contributed by atoms with Crippen LogP contribution in [0.15, 0.2) is 12.7 Å². The Morgan fingerprint density at radius 3 is 2.30 bits per heavy atom. The van der Waals surface area contributed by atoms with Crippen LogP contribution in [0.2, 0.25) is 0 Å². The summed E-state index contributed by atoms with van der Waals surface area (Å²) in [7, 11) is -0.599. The molecule has 0 aliphatic heterocycles. The fourth-order valence-electron chi connectivity index (χ4n) is 0.981. The molecule has 1 N–H and O–H groups in total. The Hall–Kier alpha value is 0.0500. The Labute approximate surface area is 66.3 Å². The molecule has 10 heavy (non-hydrogen) atoms. The normalized spacial score (nSPS) is 13.7. The highest BCUT2D eigenvalue weighted by Crippen LogP contribution is 2.34. The molecule has 0 heterocycles. The first-order valence-electron chi connectivity index (χ1n) is 3.57. The fraction of sp³-hybridized carbons (Fsp3) is 0.750. The van der Waals surface area contributed by atoms with Gasteiger partial charge in [-0.15, -0.1) is 6.58 Å². The number of hydrogen-bond acceptors (Lipinski definition) is 1. The second kappa shape index (κ2) is 4.04. The number of nitrogens with one attached hydrogen (secondary N) is 1. The molecule has 0 fully saturated rings. The van der Waals surface area contributed by atoms with Crippen molar-refractivity contribution in [1.29, 1.82) is 0 Å². The van der Waals surface area contributed by atoms with Gasteiger partial charge in [0, 0.05) is 11.8 Å². The average molecular weight is 161 g/mol. The minimum Gasteiger partial charge on any atom is -0.278 e. The summed E-state index contributed by atoms with van der Waals surface area (Å²) in [5.74, 6) is 1.10. The van der Waals surface area contributed by atoms with Crippen LogP contribution in [-0.4, -0.2) is 24.3 Å². The molecule has 0 saturated carbocycles. The van der Waals surface area contributed by atoms with Crippen molar-refractivity contribution in [3.8, 4) is 0 Å². The second-order valence-electron chi connectivity index (χ2n) is 3.27. The smallest absolute Gasteiger partial charge is 0.00999 e. The van der Waals surface area contributed by atoms with Gasteiger partial charge in [0.25, 0.3) is 0 Å². The van der Waals surface area contributed by atoms with E-state index in [0.717, 1.165) is 5.75 Å². The van der Waals surface area contributed by atoms with Crippen molar-refractivity contribution in [3.05, 3.63) is 12.7 Å². The third kappa shape index (κ3) is 4.89. The van der Waals surface area contributed by atoms with Crippen LogP contribution in [0.3, 0.4) is 0 Å². The maximum Gasteiger partial charge on any atom is 0.00999 e. The van der Waals surface area contributed by atoms with Crippen LogP contribution in [0.1, 0.15) is 13.8 Å². The zero-order valence-electron chi connectivity index (χ0n) is 7.48. The van der Waals surface area contributed by atoms with E-state index >= 15 is 0 Å². The number of rotatable bonds is 4. The van der Waals surface area contributed by atoms with E-state index in [1.165, 1.54) is 0 Å². The van der Waals surface area contributed by atoms with E-state index in [1.807, 2.05) is 6.08 Å². The summed E-state index contributed by atoms with van der Waals surface area (Å²) >= 11 is 0. The van der Waals surface area contributed by atoms with Crippen molar-refractivity contribution in [2.24, 2.45) is 0 Å². The Kier molecular flexibility index (Phi) is 4.06. The van der Waals surface area contributed by atoms with Crippen LogP contribution in [0.25, 0.3) is 0 Å². The van der Waals surface area contributed by atoms with Gasteiger partial charge in [-0.05, 0) is 26.4 Å². The van der Waals surface area contributed by atoms with Gasteiger partial charge in [-0.1, -0.05) is 6.08 Å². The van der Waals surface area contributed by atoms with E-state index in [0.29, 0.717) is 6.04 Å². The summed E-state index contributed by atoms with van der Waals surface area (Å²) in [6, 6.07) is 0.588. The van der Waals surface area contributed by atoms with Gasteiger partial charge in [-0.2, -0.15) is 10.2 Å². The third-order valence-electron chi connectivity index (χ3n) is 1.09. The van der Waals surface area contributed by atoms with Gasteiger partial charge in [0.15, 0.2) is 0 Å². The summed E-state index contributed by atoms with van der Waals surface area (Å²) in [6.07, 6.45) is 6.54. The highest BCUT2D eigenvalue weighted by atomic mass is 32.3. The molecular formula is C8H19NS. The van der Waals surface area contributed by atoms with E-state index in [-0.39, 0.29) is 0 Å². The summed E-state index contributed by atoms with van der Waals surface area (Å²) in [6.45, 7) is 8.09. The molecule has 0 aromatic rings. The lowest BCUT2D eigenvalue weighted by Gasteiger charge is -2.33. The molecule has 0 bridgehead atoms. The van der Waals surface area contributed by atoms with Crippen LogP contribution >= 0.6 is 10.2 Å². The largest absolute Gasteiger partial charge is 0.278 e. The van der Waals surface area contributed by atoms with Crippen LogP contribution < -0.4 is 4.72 Å². The Morgan fingerprint density at radius 1 is 1.50 bits per heavy atom. The van der Waals surface area contributed by atoms with Gasteiger partial charge in [0.05, 0.1) is 0 Å². The summed E-state index contributed by atoms with van der Waals surface area (Å²) in [4.78, 5) is 0. The van der Waals surface area contributed by atoms with Crippen molar-refractivity contribution in [1.82, 2.24) is 4.72 Å². The Morgan fingerprint density at radius 2 is 2.00 bits per heavy atom. The van der Waals surface area contributed by atoms with E-state index in [4.69, 9.17) is 0 Å². The standard InChI is InChI=1S/C8H19NS/c1-6-7-10(4,5)9-8(2)3/h6,8-9H,1,7H2,2-5H3. The quantitative estimate of drug-likeness (QED) is 0.623. The molecule has 62 valence electrons. The van der Waals surface area contributed by atoms with E-state index in [2.05, 4.69) is 37.7 Å². The van der Waals surface area contributed by atoms with Gasteiger partial charge in [0.2, 0.25) is 0 Å². The maximum absolute atomic E-state index is 3.73. The summed E-state index contributed by atoms with van der Waals surface area (Å²) in [5.41, 5.74) is 0. The van der Waals surface area contributed by atoms with Crippen molar-refractivity contribution in [3.63, 3.8) is 0 Å². The molecule has 2 heteroatoms. The lowest BCUT2D eigenvalue weighted by molar-refractivity contribution is 0.763. The highest BCUT2D eigenvalue weighted by molar-refractivity contribution is 8.31. The third-order valence-corrected chi connectivity index (χ3v) is 3.27. The molecule has 0 atom stereocenters. The topological polar surface area (TPSA) is 12.0 Å². The van der Waals surface area contributed by atoms with Crippen molar-refractivity contribution >= 4 is 10.2 Å². The van der Waals surface area contributed by atoms with Crippen LogP contribution in [0.4, 0.5) is 0 Å². The van der Waals surface area contributed by atoms with E-state index in [1.54, 1.807) is 0 Å². The maximum atomic E-state index is 3.73. The first-order chi connectivity index (χ1) is 4.48. The molecule has 1 nitrogen and oxygen atoms in total. The van der Waals surface area contributed by atoms with Crippen molar-refractivity contribution < 1.29 is 0 Å². The molecular weight excluding hydrogens is 142 g/mol. The molecule has 0 aliphatic carbocycles. The highest BCUT2D eigenvalue weighted by Gasteiger charge is 2.08. The summed E-state index contributed by atoms with van der Waals surface area (Å²) in [5, 5.41) is 0. The zero-order chi connectivity index (χ0) is 8.20. The second-order valence-corrected chi connectivity index (χ2v) is 6.91. The molecule has 0 radical (unpaired) electrons. The van der Waals surface area contributed by atoms with Gasteiger partial charge in [0.1, 0.15) is 0 Å². The van der Waals surface area contributed by atoms with Gasteiger partial charge in [-0.25, -0.2) is 0 Å². The molecule has 0 unspecified atom stereocenters.